The van der Waals surface area contributed by atoms with Crippen LogP contribution in [-0.2, 0) is 16.0 Å². The molecular weight excluding hydrogens is 489 g/mol. The summed E-state index contributed by atoms with van der Waals surface area (Å²) in [4.78, 5) is 21.5. The number of hydrogen-bond donors (Lipinski definition) is 2. The molecule has 2 N–H and O–H groups in total. The first kappa shape index (κ1) is 26.7. The Hall–Kier alpha value is -4.40. The topological polar surface area (TPSA) is 129 Å². The molecule has 10 heteroatoms. The third-order valence-corrected chi connectivity index (χ3v) is 6.10. The number of ether oxygens (including phenoxy) is 2. The van der Waals surface area contributed by atoms with E-state index in [0.717, 1.165) is 5.56 Å². The second-order valence-corrected chi connectivity index (χ2v) is 8.64. The van der Waals surface area contributed by atoms with Crippen LogP contribution in [0.5, 0.6) is 5.75 Å². The predicted octanol–water partition coefficient (Wildman–Crippen LogP) is 4.97. The van der Waals surface area contributed by atoms with Gasteiger partial charge < -0.3 is 19.9 Å². The molecule has 2 atom stereocenters. The van der Waals surface area contributed by atoms with Gasteiger partial charge in [0.2, 0.25) is 5.90 Å². The second-order valence-electron chi connectivity index (χ2n) is 8.64. The number of carbonyl (C=O) groups is 1. The smallest absolute Gasteiger partial charge is 0.252 e. The van der Waals surface area contributed by atoms with Gasteiger partial charge in [-0.15, -0.1) is 0 Å². The first-order valence-electron chi connectivity index (χ1n) is 12.2. The lowest BCUT2D eigenvalue weighted by molar-refractivity contribution is -0.129. The van der Waals surface area contributed by atoms with E-state index >= 15 is 0 Å². The van der Waals surface area contributed by atoms with Gasteiger partial charge in [-0.1, -0.05) is 59.7 Å². The number of halogens is 1. The van der Waals surface area contributed by atoms with Crippen molar-refractivity contribution in [2.75, 3.05) is 26.4 Å². The highest BCUT2D eigenvalue weighted by Gasteiger charge is 2.53. The minimum atomic E-state index is -1.51. The Morgan fingerprint density at radius 1 is 1.13 bits per heavy atom. The van der Waals surface area contributed by atoms with E-state index in [-0.39, 0.29) is 25.5 Å². The lowest BCUT2D eigenvalue weighted by Crippen LogP contribution is -2.50. The van der Waals surface area contributed by atoms with Crippen molar-refractivity contribution in [3.8, 4) is 5.75 Å². The molecule has 0 spiro atoms. The van der Waals surface area contributed by atoms with E-state index in [1.54, 1.807) is 48.5 Å². The zero-order valence-electron chi connectivity index (χ0n) is 20.7. The molecule has 0 aliphatic carbocycles. The summed E-state index contributed by atoms with van der Waals surface area (Å²) in [5.41, 5.74) is 9.87. The number of nitrogens with one attached hydrogen (secondary N) is 1. The van der Waals surface area contributed by atoms with Crippen molar-refractivity contribution in [3.63, 3.8) is 0 Å². The summed E-state index contributed by atoms with van der Waals surface area (Å²) in [6.07, 6.45) is -0.285. The molecule has 1 aliphatic rings. The van der Waals surface area contributed by atoms with Gasteiger partial charge in [-0.3, -0.25) is 4.79 Å². The van der Waals surface area contributed by atoms with Crippen LogP contribution in [-0.4, -0.2) is 48.9 Å². The minimum Gasteiger partial charge on any atom is -0.494 e. The number of amides is 1. The predicted molar refractivity (Wildman–Crippen MR) is 141 cm³/mol. The molecule has 1 heterocycles. The molecule has 1 amide bonds. The molecule has 0 unspecified atom stereocenters. The Morgan fingerprint density at radius 3 is 2.58 bits per heavy atom. The average Bonchev–Trinajstić information content (AvgIpc) is 3.33. The summed E-state index contributed by atoms with van der Waals surface area (Å²) < 4.78 is 25.1. The maximum atomic E-state index is 13.8. The lowest BCUT2D eigenvalue weighted by atomic mass is 9.81. The molecule has 0 saturated carbocycles. The van der Waals surface area contributed by atoms with Crippen LogP contribution < -0.4 is 10.1 Å². The van der Waals surface area contributed by atoms with Gasteiger partial charge in [-0.2, -0.15) is 0 Å². The Bertz CT molecular complexity index is 1310. The van der Waals surface area contributed by atoms with Crippen molar-refractivity contribution >= 4 is 17.5 Å². The van der Waals surface area contributed by atoms with Gasteiger partial charge in [-0.05, 0) is 35.4 Å². The zero-order chi connectivity index (χ0) is 26.8. The van der Waals surface area contributed by atoms with Gasteiger partial charge in [0, 0.05) is 47.7 Å². The molecular formula is C28H28FN5O4. The van der Waals surface area contributed by atoms with E-state index in [2.05, 4.69) is 15.3 Å². The minimum absolute atomic E-state index is 0.0371. The fourth-order valence-electron chi connectivity index (χ4n) is 4.33. The van der Waals surface area contributed by atoms with Crippen LogP contribution >= 0.6 is 0 Å². The number of hydrogen-bond acceptors (Lipinski definition) is 6. The van der Waals surface area contributed by atoms with Crippen molar-refractivity contribution in [2.45, 2.75) is 24.5 Å². The second kappa shape index (κ2) is 12.7. The maximum absolute atomic E-state index is 13.8. The third kappa shape index (κ3) is 5.94. The monoisotopic (exact) mass is 517 g/mol. The van der Waals surface area contributed by atoms with E-state index in [0.29, 0.717) is 35.6 Å². The number of benzene rings is 3. The molecule has 38 heavy (non-hydrogen) atoms. The third-order valence-electron chi connectivity index (χ3n) is 6.10. The molecule has 3 aromatic rings. The molecule has 3 aromatic carbocycles. The van der Waals surface area contributed by atoms with Crippen LogP contribution in [0, 0.1) is 0 Å². The average molecular weight is 518 g/mol. The summed E-state index contributed by atoms with van der Waals surface area (Å²) in [6.45, 7) is -0.497. The summed E-state index contributed by atoms with van der Waals surface area (Å²) in [5.74, 6) is 0.333. The van der Waals surface area contributed by atoms with Gasteiger partial charge in [0.05, 0.1) is 6.61 Å². The summed E-state index contributed by atoms with van der Waals surface area (Å²) in [7, 11) is 0. The van der Waals surface area contributed by atoms with E-state index in [1.165, 1.54) is 0 Å². The van der Waals surface area contributed by atoms with Crippen LogP contribution in [0.15, 0.2) is 89.0 Å². The van der Waals surface area contributed by atoms with Crippen molar-refractivity contribution in [2.24, 2.45) is 10.1 Å². The van der Waals surface area contributed by atoms with E-state index in [4.69, 9.17) is 25.1 Å². The number of carbonyl (C=O) groups excluding carboxylic acids is 1. The van der Waals surface area contributed by atoms with Crippen LogP contribution in [0.3, 0.4) is 0 Å². The Morgan fingerprint density at radius 2 is 1.87 bits per heavy atom. The summed E-state index contributed by atoms with van der Waals surface area (Å²) in [6, 6.07) is 23.3. The number of aliphatic hydroxyl groups is 1. The van der Waals surface area contributed by atoms with Gasteiger partial charge in [0.15, 0.2) is 11.6 Å². The van der Waals surface area contributed by atoms with Crippen LogP contribution in [0.4, 0.5) is 10.1 Å². The Labute approximate surface area is 219 Å². The summed E-state index contributed by atoms with van der Waals surface area (Å²) in [5, 5.41) is 15.4. The highest BCUT2D eigenvalue weighted by molar-refractivity contribution is 6.01. The largest absolute Gasteiger partial charge is 0.494 e. The van der Waals surface area contributed by atoms with Crippen molar-refractivity contribution in [3.05, 3.63) is 106 Å². The van der Waals surface area contributed by atoms with Gasteiger partial charge in [-0.25, -0.2) is 9.38 Å². The zero-order valence-corrected chi connectivity index (χ0v) is 20.7. The maximum Gasteiger partial charge on any atom is 0.252 e. The van der Waals surface area contributed by atoms with Crippen molar-refractivity contribution < 1.29 is 23.8 Å². The fourth-order valence-corrected chi connectivity index (χ4v) is 4.33. The molecule has 0 aromatic heterocycles. The quantitative estimate of drug-likeness (QED) is 0.152. The number of rotatable bonds is 12. The van der Waals surface area contributed by atoms with Gasteiger partial charge in [0.25, 0.3) is 5.91 Å². The molecule has 0 bridgehead atoms. The van der Waals surface area contributed by atoms with Crippen molar-refractivity contribution in [1.82, 2.24) is 5.32 Å². The molecule has 196 valence electrons. The molecule has 0 fully saturated rings. The van der Waals surface area contributed by atoms with Gasteiger partial charge >= 0.3 is 0 Å². The Balaban J connectivity index is 1.81. The normalized spacial score (nSPS) is 18.2. The lowest BCUT2D eigenvalue weighted by Gasteiger charge is -2.31. The Kier molecular flexibility index (Phi) is 8.92. The van der Waals surface area contributed by atoms with E-state index < -0.39 is 24.2 Å². The molecule has 0 saturated heterocycles. The molecule has 1 aliphatic heterocycles. The number of alkyl halides is 1. The first-order chi connectivity index (χ1) is 18.6. The highest BCUT2D eigenvalue weighted by atomic mass is 19.1. The van der Waals surface area contributed by atoms with Gasteiger partial charge in [0.1, 0.15) is 12.4 Å². The van der Waals surface area contributed by atoms with E-state index in [1.807, 2.05) is 30.3 Å². The fraction of sp³-hybridized carbons (Fsp3) is 0.286. The summed E-state index contributed by atoms with van der Waals surface area (Å²) >= 11 is 0. The van der Waals surface area contributed by atoms with Crippen molar-refractivity contribution in [1.29, 1.82) is 0 Å². The molecule has 4 rings (SSSR count). The van der Waals surface area contributed by atoms with Crippen LogP contribution in [0.2, 0.25) is 0 Å². The number of azide groups is 1. The van der Waals surface area contributed by atoms with Crippen LogP contribution in [0.1, 0.15) is 29.2 Å². The molecule has 9 nitrogen and oxygen atoms in total. The number of nitrogens with zero attached hydrogens (tertiary/aromatic N) is 4. The van der Waals surface area contributed by atoms with E-state index in [9.17, 15) is 9.18 Å². The first-order valence-corrected chi connectivity index (χ1v) is 12.2. The van der Waals surface area contributed by atoms with Crippen LogP contribution in [0.25, 0.3) is 10.4 Å². The number of aliphatic hydroxyl groups excluding tert-OH is 1. The standard InChI is InChI=1S/C28H28FN5O4/c29-15-16-31-27(36)28(19-20-7-2-1-3-8-20)25(23-9-4-5-10-24(23)33-34-30)38-26(32-28)21-11-13-22(14-12-21)37-18-6-17-35/h1-5,7-14,25,35H,6,15-19H2,(H,31,36)/t25-,28-/m1/s1. The SMILES string of the molecule is [N-]=[N+]=Nc1ccccc1[C@H]1OC(c2ccc(OCCCO)cc2)=N[C@@]1(Cc1ccccc1)C(=O)NCCF. The molecule has 0 radical (unpaired) electrons. The highest BCUT2D eigenvalue weighted by Crippen LogP contribution is 2.45. The number of aliphatic imine (C=N–C) groups is 1.